The molecule has 0 radical (unpaired) electrons. The minimum Gasteiger partial charge on any atom is -0.293 e. The molecule has 0 saturated heterocycles. The Morgan fingerprint density at radius 1 is 1.40 bits per heavy atom. The normalized spacial score (nSPS) is 11.2. The molecule has 1 N–H and O–H groups in total. The van der Waals surface area contributed by atoms with E-state index >= 15 is 0 Å². The van der Waals surface area contributed by atoms with Gasteiger partial charge in [-0.3, -0.25) is 14.6 Å². The molecule has 5 nitrogen and oxygen atoms in total. The number of halogens is 2. The SMILES string of the molecule is CC(=O)c1n[nH]c2c(Cl)c(Cl)cc(-c3ccn(C)n3)c12. The van der Waals surface area contributed by atoms with E-state index in [4.69, 9.17) is 23.2 Å². The number of fused-ring (bicyclic) bond motifs is 1. The van der Waals surface area contributed by atoms with Gasteiger partial charge in [0.15, 0.2) is 5.78 Å². The summed E-state index contributed by atoms with van der Waals surface area (Å²) in [5.41, 5.74) is 2.32. The molecule has 20 heavy (non-hydrogen) atoms. The fraction of sp³-hybridized carbons (Fsp3) is 0.154. The summed E-state index contributed by atoms with van der Waals surface area (Å²) in [5.74, 6) is -0.146. The summed E-state index contributed by atoms with van der Waals surface area (Å²) in [5, 5.41) is 12.5. The second kappa shape index (κ2) is 4.61. The van der Waals surface area contributed by atoms with Crippen LogP contribution in [-0.2, 0) is 7.05 Å². The summed E-state index contributed by atoms with van der Waals surface area (Å²) in [6.45, 7) is 1.46. The first-order chi connectivity index (χ1) is 9.49. The van der Waals surface area contributed by atoms with Crippen LogP contribution in [0.2, 0.25) is 10.0 Å². The fourth-order valence-corrected chi connectivity index (χ4v) is 2.56. The first-order valence-corrected chi connectivity index (χ1v) is 6.61. The first-order valence-electron chi connectivity index (χ1n) is 5.86. The Kier molecular flexibility index (Phi) is 3.03. The van der Waals surface area contributed by atoms with Crippen molar-refractivity contribution < 1.29 is 4.79 Å². The predicted molar refractivity (Wildman–Crippen MR) is 78.3 cm³/mol. The van der Waals surface area contributed by atoms with E-state index in [0.717, 1.165) is 5.56 Å². The van der Waals surface area contributed by atoms with E-state index in [1.807, 2.05) is 19.3 Å². The lowest BCUT2D eigenvalue weighted by Gasteiger charge is -2.05. The van der Waals surface area contributed by atoms with Crippen molar-refractivity contribution in [2.45, 2.75) is 6.92 Å². The first kappa shape index (κ1) is 13.1. The Labute approximate surface area is 124 Å². The van der Waals surface area contributed by atoms with E-state index in [1.54, 1.807) is 10.7 Å². The molecule has 0 fully saturated rings. The van der Waals surface area contributed by atoms with E-state index in [-0.39, 0.29) is 5.78 Å². The highest BCUT2D eigenvalue weighted by atomic mass is 35.5. The average molecular weight is 309 g/mol. The molecule has 102 valence electrons. The van der Waals surface area contributed by atoms with Gasteiger partial charge in [-0.1, -0.05) is 23.2 Å². The number of carbonyl (C=O) groups excluding carboxylic acids is 1. The monoisotopic (exact) mass is 308 g/mol. The second-order valence-electron chi connectivity index (χ2n) is 4.47. The number of hydrogen-bond donors (Lipinski definition) is 1. The van der Waals surface area contributed by atoms with Gasteiger partial charge >= 0.3 is 0 Å². The topological polar surface area (TPSA) is 63.6 Å². The van der Waals surface area contributed by atoms with Gasteiger partial charge in [-0.05, 0) is 12.1 Å². The quantitative estimate of drug-likeness (QED) is 0.737. The molecule has 3 aromatic rings. The fourth-order valence-electron chi connectivity index (χ4n) is 2.16. The molecule has 0 aliphatic rings. The predicted octanol–water partition coefficient (Wildman–Crippen LogP) is 3.47. The molecule has 7 heteroatoms. The number of aromatic nitrogens is 4. The number of aromatic amines is 1. The Morgan fingerprint density at radius 2 is 2.15 bits per heavy atom. The van der Waals surface area contributed by atoms with Crippen molar-refractivity contribution in [3.8, 4) is 11.3 Å². The molecular weight excluding hydrogens is 299 g/mol. The zero-order valence-electron chi connectivity index (χ0n) is 10.7. The number of aryl methyl sites for hydroxylation is 1. The van der Waals surface area contributed by atoms with Gasteiger partial charge in [-0.2, -0.15) is 10.2 Å². The average Bonchev–Trinajstić information content (AvgIpc) is 3.00. The van der Waals surface area contributed by atoms with Crippen molar-refractivity contribution in [3.63, 3.8) is 0 Å². The lowest BCUT2D eigenvalue weighted by Crippen LogP contribution is -1.95. The zero-order valence-corrected chi connectivity index (χ0v) is 12.2. The minimum absolute atomic E-state index is 0.146. The summed E-state index contributed by atoms with van der Waals surface area (Å²) < 4.78 is 1.68. The lowest BCUT2D eigenvalue weighted by molar-refractivity contribution is 0.101. The van der Waals surface area contributed by atoms with Gasteiger partial charge in [0, 0.05) is 31.1 Å². The number of nitrogens with zero attached hydrogens (tertiary/aromatic N) is 3. The maximum Gasteiger partial charge on any atom is 0.180 e. The van der Waals surface area contributed by atoms with E-state index < -0.39 is 0 Å². The van der Waals surface area contributed by atoms with Crippen molar-refractivity contribution in [2.24, 2.45) is 7.05 Å². The zero-order chi connectivity index (χ0) is 14.4. The molecular formula is C13H10Cl2N4O. The molecule has 3 rings (SSSR count). The maximum atomic E-state index is 11.7. The van der Waals surface area contributed by atoms with Gasteiger partial charge in [0.2, 0.25) is 0 Å². The number of Topliss-reactive ketones (excluding diaryl/α,β-unsaturated/α-hetero) is 1. The number of carbonyl (C=O) groups is 1. The van der Waals surface area contributed by atoms with Gasteiger partial charge in [-0.25, -0.2) is 0 Å². The number of hydrogen-bond acceptors (Lipinski definition) is 3. The Hall–Kier alpha value is -1.85. The van der Waals surface area contributed by atoms with Crippen LogP contribution in [0.3, 0.4) is 0 Å². The Balaban J connectivity index is 2.43. The third-order valence-corrected chi connectivity index (χ3v) is 3.85. The summed E-state index contributed by atoms with van der Waals surface area (Å²) >= 11 is 12.3. The molecule has 2 aromatic heterocycles. The van der Waals surface area contributed by atoms with E-state index in [9.17, 15) is 4.79 Å². The number of nitrogens with one attached hydrogen (secondary N) is 1. The highest BCUT2D eigenvalue weighted by molar-refractivity contribution is 6.45. The van der Waals surface area contributed by atoms with Gasteiger partial charge in [0.1, 0.15) is 5.69 Å². The third-order valence-electron chi connectivity index (χ3n) is 3.06. The minimum atomic E-state index is -0.146. The van der Waals surface area contributed by atoms with E-state index in [2.05, 4.69) is 15.3 Å². The van der Waals surface area contributed by atoms with Gasteiger partial charge in [0.25, 0.3) is 0 Å². The third kappa shape index (κ3) is 1.90. The maximum absolute atomic E-state index is 11.7. The van der Waals surface area contributed by atoms with Crippen molar-refractivity contribution in [2.75, 3.05) is 0 Å². The smallest absolute Gasteiger partial charge is 0.180 e. The molecule has 0 atom stereocenters. The lowest BCUT2D eigenvalue weighted by atomic mass is 10.0. The molecule has 0 bridgehead atoms. The van der Waals surface area contributed by atoms with Crippen LogP contribution >= 0.6 is 23.2 Å². The summed E-state index contributed by atoms with van der Waals surface area (Å²) in [7, 11) is 1.82. The van der Waals surface area contributed by atoms with E-state index in [1.165, 1.54) is 6.92 Å². The summed E-state index contributed by atoms with van der Waals surface area (Å²) in [6, 6.07) is 3.55. The van der Waals surface area contributed by atoms with Gasteiger partial charge in [-0.15, -0.1) is 0 Å². The van der Waals surface area contributed by atoms with Crippen LogP contribution in [0.4, 0.5) is 0 Å². The molecule has 1 aromatic carbocycles. The van der Waals surface area contributed by atoms with Crippen molar-refractivity contribution >= 4 is 39.9 Å². The number of rotatable bonds is 2. The van der Waals surface area contributed by atoms with Crippen LogP contribution in [0.25, 0.3) is 22.2 Å². The standard InChI is InChI=1S/C13H10Cl2N4O/c1-6(20)12-10-7(9-3-4-19(2)18-9)5-8(14)11(15)13(10)17-16-12/h3-5H,1-2H3,(H,16,17). The highest BCUT2D eigenvalue weighted by Gasteiger charge is 2.20. The number of H-pyrrole nitrogens is 1. The van der Waals surface area contributed by atoms with Crippen molar-refractivity contribution in [3.05, 3.63) is 34.1 Å². The molecule has 0 aliphatic carbocycles. The van der Waals surface area contributed by atoms with Crippen LogP contribution in [0.15, 0.2) is 18.3 Å². The van der Waals surface area contributed by atoms with Crippen LogP contribution in [-0.4, -0.2) is 25.8 Å². The van der Waals surface area contributed by atoms with Crippen LogP contribution in [0.5, 0.6) is 0 Å². The largest absolute Gasteiger partial charge is 0.293 e. The van der Waals surface area contributed by atoms with E-state index in [0.29, 0.717) is 32.3 Å². The van der Waals surface area contributed by atoms with Crippen molar-refractivity contribution in [1.29, 1.82) is 0 Å². The van der Waals surface area contributed by atoms with Crippen LogP contribution < -0.4 is 0 Å². The molecule has 0 aliphatic heterocycles. The highest BCUT2D eigenvalue weighted by Crippen LogP contribution is 2.38. The van der Waals surface area contributed by atoms with Gasteiger partial charge in [0.05, 0.1) is 21.3 Å². The number of benzene rings is 1. The number of ketones is 1. The van der Waals surface area contributed by atoms with Crippen molar-refractivity contribution in [1.82, 2.24) is 20.0 Å². The molecule has 0 spiro atoms. The Morgan fingerprint density at radius 3 is 2.75 bits per heavy atom. The Bertz CT molecular complexity index is 834. The molecule has 0 unspecified atom stereocenters. The summed E-state index contributed by atoms with van der Waals surface area (Å²) in [4.78, 5) is 11.7. The molecule has 0 amide bonds. The molecule has 2 heterocycles. The van der Waals surface area contributed by atoms with Gasteiger partial charge < -0.3 is 0 Å². The van der Waals surface area contributed by atoms with Crippen LogP contribution in [0, 0.1) is 0 Å². The summed E-state index contributed by atoms with van der Waals surface area (Å²) in [6.07, 6.45) is 1.82. The second-order valence-corrected chi connectivity index (χ2v) is 5.26. The van der Waals surface area contributed by atoms with Crippen LogP contribution in [0.1, 0.15) is 17.4 Å². The molecule has 0 saturated carbocycles.